The van der Waals surface area contributed by atoms with E-state index in [1.54, 1.807) is 0 Å². The van der Waals surface area contributed by atoms with Crippen molar-refractivity contribution >= 4 is 13.3 Å². The summed E-state index contributed by atoms with van der Waals surface area (Å²) >= 11 is 0. The van der Waals surface area contributed by atoms with Gasteiger partial charge in [-0.2, -0.15) is 0 Å². The van der Waals surface area contributed by atoms with E-state index < -0.39 is 0 Å². The average Bonchev–Trinajstić information content (AvgIpc) is 1.95. The second-order valence-corrected chi connectivity index (χ2v) is 2.52. The van der Waals surface area contributed by atoms with Crippen LogP contribution in [0, 0.1) is 6.92 Å². The van der Waals surface area contributed by atoms with Crippen molar-refractivity contribution in [3.63, 3.8) is 0 Å². The van der Waals surface area contributed by atoms with Gasteiger partial charge in [-0.3, -0.25) is 0 Å². The van der Waals surface area contributed by atoms with Gasteiger partial charge < -0.3 is 5.11 Å². The topological polar surface area (TPSA) is 20.2 Å². The van der Waals surface area contributed by atoms with Gasteiger partial charge in [0, 0.05) is 0 Å². The maximum Gasteiger partial charge on any atom is 0.140 e. The Labute approximate surface area is 62.1 Å². The number of benzene rings is 1. The smallest absolute Gasteiger partial charge is 0.140 e. The van der Waals surface area contributed by atoms with Gasteiger partial charge in [-0.1, -0.05) is 29.2 Å². The van der Waals surface area contributed by atoms with E-state index in [0.717, 1.165) is 5.56 Å². The highest BCUT2D eigenvalue weighted by molar-refractivity contribution is 6.34. The van der Waals surface area contributed by atoms with Crippen molar-refractivity contribution in [3.8, 4) is 0 Å². The number of hydrogen-bond acceptors (Lipinski definition) is 1. The molecular formula is C8H11BO. The van der Waals surface area contributed by atoms with Crippen molar-refractivity contribution in [2.24, 2.45) is 0 Å². The molecule has 1 N–H and O–H groups in total. The summed E-state index contributed by atoms with van der Waals surface area (Å²) in [4.78, 5) is 0. The molecule has 10 heavy (non-hydrogen) atoms. The molecule has 0 radical (unpaired) electrons. The first kappa shape index (κ1) is 7.35. The predicted octanol–water partition coefficient (Wildman–Crippen LogP) is -0.254. The van der Waals surface area contributed by atoms with Crippen molar-refractivity contribution in [2.45, 2.75) is 13.5 Å². The van der Waals surface area contributed by atoms with E-state index in [1.165, 1.54) is 11.0 Å². The van der Waals surface area contributed by atoms with Crippen LogP contribution in [0.1, 0.15) is 11.1 Å². The summed E-state index contributed by atoms with van der Waals surface area (Å²) in [7, 11) is 2.03. The summed E-state index contributed by atoms with van der Waals surface area (Å²) in [5, 5.41) is 8.84. The standard InChI is InChI=1S/C8H11BO/c1-6-3-2-4-7(5-10)8(6)9/h2-4,10H,5,9H2,1H3. The molecule has 1 rings (SSSR count). The Bertz CT molecular complexity index is 233. The Morgan fingerprint density at radius 2 is 2.20 bits per heavy atom. The fraction of sp³-hybridized carbons (Fsp3) is 0.250. The van der Waals surface area contributed by atoms with Crippen LogP contribution < -0.4 is 5.46 Å². The lowest BCUT2D eigenvalue weighted by Crippen LogP contribution is -2.13. The van der Waals surface area contributed by atoms with Crippen LogP contribution in [0.15, 0.2) is 18.2 Å². The maximum atomic E-state index is 8.84. The van der Waals surface area contributed by atoms with Crippen LogP contribution in [-0.4, -0.2) is 13.0 Å². The SMILES string of the molecule is Bc1c(C)cccc1CO. The number of aryl methyl sites for hydroxylation is 1. The van der Waals surface area contributed by atoms with E-state index >= 15 is 0 Å². The van der Waals surface area contributed by atoms with E-state index in [1.807, 2.05) is 20.0 Å². The third-order valence-electron chi connectivity index (χ3n) is 1.89. The minimum absolute atomic E-state index is 0.146. The first-order chi connectivity index (χ1) is 4.75. The highest BCUT2D eigenvalue weighted by atomic mass is 16.3. The predicted molar refractivity (Wildman–Crippen MR) is 45.3 cm³/mol. The molecule has 0 spiro atoms. The number of rotatable bonds is 1. The van der Waals surface area contributed by atoms with Crippen molar-refractivity contribution in [2.75, 3.05) is 0 Å². The third kappa shape index (κ3) is 1.22. The fourth-order valence-corrected chi connectivity index (χ4v) is 0.983. The lowest BCUT2D eigenvalue weighted by Gasteiger charge is -2.03. The van der Waals surface area contributed by atoms with Crippen molar-refractivity contribution in [3.05, 3.63) is 29.3 Å². The van der Waals surface area contributed by atoms with Gasteiger partial charge in [-0.05, 0) is 12.5 Å². The molecule has 0 unspecified atom stereocenters. The second-order valence-electron chi connectivity index (χ2n) is 2.52. The molecule has 0 bridgehead atoms. The summed E-state index contributed by atoms with van der Waals surface area (Å²) in [5.74, 6) is 0. The van der Waals surface area contributed by atoms with E-state index in [0.29, 0.717) is 0 Å². The van der Waals surface area contributed by atoms with Crippen LogP contribution >= 0.6 is 0 Å². The maximum absolute atomic E-state index is 8.84. The summed E-state index contributed by atoms with van der Waals surface area (Å²) in [6.45, 7) is 2.20. The minimum Gasteiger partial charge on any atom is -0.392 e. The zero-order chi connectivity index (χ0) is 7.56. The molecule has 0 atom stereocenters. The van der Waals surface area contributed by atoms with Crippen molar-refractivity contribution < 1.29 is 5.11 Å². The third-order valence-corrected chi connectivity index (χ3v) is 1.89. The van der Waals surface area contributed by atoms with Gasteiger partial charge in [-0.25, -0.2) is 0 Å². The summed E-state index contributed by atoms with van der Waals surface area (Å²) in [5.41, 5.74) is 3.47. The minimum atomic E-state index is 0.146. The van der Waals surface area contributed by atoms with Crippen LogP contribution in [0.4, 0.5) is 0 Å². The fourth-order valence-electron chi connectivity index (χ4n) is 0.983. The van der Waals surface area contributed by atoms with Crippen LogP contribution in [0.25, 0.3) is 0 Å². The average molecular weight is 134 g/mol. The van der Waals surface area contributed by atoms with Gasteiger partial charge in [0.15, 0.2) is 0 Å². The van der Waals surface area contributed by atoms with E-state index in [4.69, 9.17) is 5.11 Å². The molecule has 2 heteroatoms. The van der Waals surface area contributed by atoms with E-state index in [-0.39, 0.29) is 6.61 Å². The highest BCUT2D eigenvalue weighted by Crippen LogP contribution is 1.98. The number of aliphatic hydroxyl groups excluding tert-OH is 1. The Morgan fingerprint density at radius 3 is 2.70 bits per heavy atom. The monoisotopic (exact) mass is 134 g/mol. The lowest BCUT2D eigenvalue weighted by atomic mass is 9.87. The summed E-state index contributed by atoms with van der Waals surface area (Å²) in [6.07, 6.45) is 0. The molecule has 0 saturated heterocycles. The van der Waals surface area contributed by atoms with E-state index in [2.05, 4.69) is 13.0 Å². The molecule has 0 fully saturated rings. The van der Waals surface area contributed by atoms with Crippen LogP contribution in [0.2, 0.25) is 0 Å². The molecule has 0 aromatic heterocycles. The van der Waals surface area contributed by atoms with Gasteiger partial charge in [0.25, 0.3) is 0 Å². The Hall–Kier alpha value is -0.755. The first-order valence-electron chi connectivity index (χ1n) is 3.41. The number of hydrogen-bond donors (Lipinski definition) is 1. The Kier molecular flexibility index (Phi) is 2.12. The van der Waals surface area contributed by atoms with Crippen molar-refractivity contribution in [1.29, 1.82) is 0 Å². The molecular weight excluding hydrogens is 123 g/mol. The molecule has 52 valence electrons. The molecule has 0 aliphatic heterocycles. The molecule has 1 nitrogen and oxygen atoms in total. The van der Waals surface area contributed by atoms with Gasteiger partial charge in [-0.15, -0.1) is 0 Å². The van der Waals surface area contributed by atoms with Crippen LogP contribution in [0.3, 0.4) is 0 Å². The van der Waals surface area contributed by atoms with Crippen LogP contribution in [0.5, 0.6) is 0 Å². The quantitative estimate of drug-likeness (QED) is 0.525. The van der Waals surface area contributed by atoms with E-state index in [9.17, 15) is 0 Å². The highest BCUT2D eigenvalue weighted by Gasteiger charge is 1.96. The number of aliphatic hydroxyl groups is 1. The van der Waals surface area contributed by atoms with Crippen LogP contribution in [-0.2, 0) is 6.61 Å². The molecule has 0 aliphatic rings. The zero-order valence-electron chi connectivity index (χ0n) is 6.39. The van der Waals surface area contributed by atoms with Gasteiger partial charge in [0.2, 0.25) is 0 Å². The largest absolute Gasteiger partial charge is 0.392 e. The summed E-state index contributed by atoms with van der Waals surface area (Å²) < 4.78 is 0. The molecule has 0 saturated carbocycles. The molecule has 1 aromatic carbocycles. The van der Waals surface area contributed by atoms with Gasteiger partial charge in [0.05, 0.1) is 6.61 Å². The summed E-state index contributed by atoms with van der Waals surface area (Å²) in [6, 6.07) is 5.96. The zero-order valence-corrected chi connectivity index (χ0v) is 6.39. The molecule has 1 aromatic rings. The van der Waals surface area contributed by atoms with Gasteiger partial charge in [0.1, 0.15) is 7.85 Å². The van der Waals surface area contributed by atoms with Crippen molar-refractivity contribution in [1.82, 2.24) is 0 Å². The second kappa shape index (κ2) is 2.89. The molecule has 0 amide bonds. The normalized spacial score (nSPS) is 9.80. The Morgan fingerprint density at radius 1 is 1.50 bits per heavy atom. The lowest BCUT2D eigenvalue weighted by molar-refractivity contribution is 0.283. The molecule has 0 aliphatic carbocycles. The van der Waals surface area contributed by atoms with Gasteiger partial charge >= 0.3 is 0 Å². The molecule has 0 heterocycles. The Balaban J connectivity index is 3.14. The first-order valence-corrected chi connectivity index (χ1v) is 3.41.